The van der Waals surface area contributed by atoms with Gasteiger partial charge in [0.2, 0.25) is 0 Å². The predicted octanol–water partition coefficient (Wildman–Crippen LogP) is 3.95. The maximum absolute atomic E-state index is 12.5. The lowest BCUT2D eigenvalue weighted by Gasteiger charge is -2.26. The maximum Gasteiger partial charge on any atom is 0.254 e. The molecular formula is C21H26N2O2. The van der Waals surface area contributed by atoms with Crippen LogP contribution in [0.4, 0.5) is 0 Å². The molecule has 1 fully saturated rings. The lowest BCUT2D eigenvalue weighted by Crippen LogP contribution is -2.40. The molecule has 1 aromatic carbocycles. The number of pyridine rings is 1. The normalized spacial score (nSPS) is 14.5. The number of carbonyl (C=O) groups is 1. The summed E-state index contributed by atoms with van der Waals surface area (Å²) >= 11 is 0. The van der Waals surface area contributed by atoms with Crippen LogP contribution in [0.1, 0.15) is 42.1 Å². The van der Waals surface area contributed by atoms with E-state index in [-0.39, 0.29) is 5.91 Å². The number of unbranched alkanes of at least 4 members (excludes halogenated alkanes) is 2. The van der Waals surface area contributed by atoms with Crippen molar-refractivity contribution >= 4 is 5.91 Å². The molecule has 0 N–H and O–H groups in total. The number of amides is 1. The second kappa shape index (κ2) is 8.77. The Labute approximate surface area is 149 Å². The molecule has 2 aromatic rings. The van der Waals surface area contributed by atoms with Crippen molar-refractivity contribution in [2.24, 2.45) is 0 Å². The van der Waals surface area contributed by atoms with Crippen molar-refractivity contribution in [3.63, 3.8) is 0 Å². The molecule has 0 unspecified atom stereocenters. The molecule has 4 nitrogen and oxygen atoms in total. The van der Waals surface area contributed by atoms with Gasteiger partial charge in [-0.3, -0.25) is 9.78 Å². The van der Waals surface area contributed by atoms with Gasteiger partial charge in [-0.25, -0.2) is 0 Å². The van der Waals surface area contributed by atoms with E-state index in [1.54, 1.807) is 0 Å². The zero-order valence-corrected chi connectivity index (χ0v) is 14.9. The number of nitrogens with zero attached hydrogens (tertiary/aromatic N) is 2. The van der Waals surface area contributed by atoms with Crippen molar-refractivity contribution in [1.82, 2.24) is 9.88 Å². The molecule has 0 spiro atoms. The van der Waals surface area contributed by atoms with E-state index in [4.69, 9.17) is 4.74 Å². The van der Waals surface area contributed by atoms with Crippen LogP contribution < -0.4 is 0 Å². The fourth-order valence-corrected chi connectivity index (χ4v) is 3.05. The van der Waals surface area contributed by atoms with Gasteiger partial charge in [0.05, 0.1) is 18.9 Å². The number of rotatable bonds is 6. The van der Waals surface area contributed by atoms with Gasteiger partial charge < -0.3 is 9.64 Å². The highest BCUT2D eigenvalue weighted by Crippen LogP contribution is 2.19. The maximum atomic E-state index is 12.5. The summed E-state index contributed by atoms with van der Waals surface area (Å²) in [6.45, 7) is 4.80. The van der Waals surface area contributed by atoms with Gasteiger partial charge in [-0.05, 0) is 36.6 Å². The molecule has 0 saturated carbocycles. The van der Waals surface area contributed by atoms with E-state index in [1.807, 2.05) is 35.4 Å². The Kier molecular flexibility index (Phi) is 6.18. The van der Waals surface area contributed by atoms with Gasteiger partial charge in [0.1, 0.15) is 0 Å². The summed E-state index contributed by atoms with van der Waals surface area (Å²) in [6.07, 6.45) is 6.78. The summed E-state index contributed by atoms with van der Waals surface area (Å²) in [7, 11) is 0. The number of hydrogen-bond donors (Lipinski definition) is 0. The monoisotopic (exact) mass is 338 g/mol. The van der Waals surface area contributed by atoms with Crippen molar-refractivity contribution in [3.05, 3.63) is 53.7 Å². The van der Waals surface area contributed by atoms with Crippen molar-refractivity contribution in [3.8, 4) is 11.3 Å². The largest absolute Gasteiger partial charge is 0.378 e. The lowest BCUT2D eigenvalue weighted by molar-refractivity contribution is 0.0303. The summed E-state index contributed by atoms with van der Waals surface area (Å²) in [6, 6.07) is 12.0. The summed E-state index contributed by atoms with van der Waals surface area (Å²) in [5.74, 6) is 0.0779. The summed E-state index contributed by atoms with van der Waals surface area (Å²) in [5, 5.41) is 0. The van der Waals surface area contributed by atoms with Crippen molar-refractivity contribution in [2.75, 3.05) is 26.3 Å². The minimum Gasteiger partial charge on any atom is -0.378 e. The Hall–Kier alpha value is -2.20. The van der Waals surface area contributed by atoms with Gasteiger partial charge in [-0.1, -0.05) is 38.0 Å². The van der Waals surface area contributed by atoms with Gasteiger partial charge in [0, 0.05) is 30.4 Å². The van der Waals surface area contributed by atoms with E-state index >= 15 is 0 Å². The molecule has 0 atom stereocenters. The molecule has 4 heteroatoms. The highest BCUT2D eigenvalue weighted by Gasteiger charge is 2.18. The SMILES string of the molecule is CCCCCc1ccc(-c2ccc(C(=O)N3CCOCC3)cc2)nc1. The molecule has 2 heterocycles. The number of aromatic nitrogens is 1. The van der Waals surface area contributed by atoms with E-state index in [2.05, 4.69) is 24.0 Å². The van der Waals surface area contributed by atoms with Gasteiger partial charge in [0.25, 0.3) is 5.91 Å². The molecule has 0 bridgehead atoms. The van der Waals surface area contributed by atoms with Gasteiger partial charge in [-0.15, -0.1) is 0 Å². The third-order valence-electron chi connectivity index (χ3n) is 4.62. The van der Waals surface area contributed by atoms with Crippen LogP contribution in [-0.2, 0) is 11.2 Å². The van der Waals surface area contributed by atoms with Crippen LogP contribution in [0.25, 0.3) is 11.3 Å². The topological polar surface area (TPSA) is 42.4 Å². The first-order chi connectivity index (χ1) is 12.3. The zero-order valence-electron chi connectivity index (χ0n) is 14.9. The zero-order chi connectivity index (χ0) is 17.5. The third kappa shape index (κ3) is 4.67. The van der Waals surface area contributed by atoms with Gasteiger partial charge in [0.15, 0.2) is 0 Å². The Morgan fingerprint density at radius 2 is 1.84 bits per heavy atom. The molecule has 3 rings (SSSR count). The lowest BCUT2D eigenvalue weighted by atomic mass is 10.1. The average molecular weight is 338 g/mol. The molecule has 25 heavy (non-hydrogen) atoms. The van der Waals surface area contributed by atoms with Crippen LogP contribution in [0.2, 0.25) is 0 Å². The fourth-order valence-electron chi connectivity index (χ4n) is 3.05. The Morgan fingerprint density at radius 1 is 1.08 bits per heavy atom. The fraction of sp³-hybridized carbons (Fsp3) is 0.429. The number of benzene rings is 1. The predicted molar refractivity (Wildman–Crippen MR) is 99.6 cm³/mol. The summed E-state index contributed by atoms with van der Waals surface area (Å²) in [5.41, 5.74) is 4.00. The molecule has 1 aromatic heterocycles. The van der Waals surface area contributed by atoms with Gasteiger partial charge in [-0.2, -0.15) is 0 Å². The highest BCUT2D eigenvalue weighted by atomic mass is 16.5. The first-order valence-electron chi connectivity index (χ1n) is 9.20. The van der Waals surface area contributed by atoms with E-state index in [0.29, 0.717) is 26.3 Å². The van der Waals surface area contributed by atoms with Crippen molar-refractivity contribution in [2.45, 2.75) is 32.6 Å². The Morgan fingerprint density at radius 3 is 2.48 bits per heavy atom. The Balaban J connectivity index is 1.64. The molecule has 1 aliphatic heterocycles. The van der Waals surface area contributed by atoms with E-state index in [9.17, 15) is 4.79 Å². The number of morpholine rings is 1. The third-order valence-corrected chi connectivity index (χ3v) is 4.62. The number of aryl methyl sites for hydroxylation is 1. The summed E-state index contributed by atoms with van der Waals surface area (Å²) in [4.78, 5) is 18.9. The molecule has 0 aliphatic carbocycles. The quantitative estimate of drug-likeness (QED) is 0.749. The second-order valence-corrected chi connectivity index (χ2v) is 6.49. The van der Waals surface area contributed by atoms with Crippen LogP contribution in [0, 0.1) is 0 Å². The first-order valence-corrected chi connectivity index (χ1v) is 9.20. The van der Waals surface area contributed by atoms with Gasteiger partial charge >= 0.3 is 0 Å². The molecule has 1 saturated heterocycles. The van der Waals surface area contributed by atoms with Crippen LogP contribution in [0.5, 0.6) is 0 Å². The standard InChI is InChI=1S/C21H26N2O2/c1-2-3-4-5-17-6-11-20(22-16-17)18-7-9-19(10-8-18)21(24)23-12-14-25-15-13-23/h6-11,16H,2-5,12-15H2,1H3. The minimum absolute atomic E-state index is 0.0779. The molecule has 132 valence electrons. The number of hydrogen-bond acceptors (Lipinski definition) is 3. The van der Waals surface area contributed by atoms with E-state index < -0.39 is 0 Å². The average Bonchev–Trinajstić information content (AvgIpc) is 2.69. The smallest absolute Gasteiger partial charge is 0.254 e. The summed E-state index contributed by atoms with van der Waals surface area (Å²) < 4.78 is 5.30. The van der Waals surface area contributed by atoms with Crippen LogP contribution in [0.15, 0.2) is 42.6 Å². The minimum atomic E-state index is 0.0779. The molecule has 1 amide bonds. The van der Waals surface area contributed by atoms with Crippen LogP contribution in [0.3, 0.4) is 0 Å². The van der Waals surface area contributed by atoms with Crippen molar-refractivity contribution in [1.29, 1.82) is 0 Å². The number of ether oxygens (including phenoxy) is 1. The van der Waals surface area contributed by atoms with Crippen LogP contribution >= 0.6 is 0 Å². The first kappa shape index (κ1) is 17.6. The van der Waals surface area contributed by atoms with E-state index in [0.717, 1.165) is 23.2 Å². The van der Waals surface area contributed by atoms with Crippen LogP contribution in [-0.4, -0.2) is 42.1 Å². The number of carbonyl (C=O) groups excluding carboxylic acids is 1. The van der Waals surface area contributed by atoms with Crippen molar-refractivity contribution < 1.29 is 9.53 Å². The Bertz CT molecular complexity index is 674. The van der Waals surface area contributed by atoms with E-state index in [1.165, 1.54) is 24.8 Å². The molecule has 0 radical (unpaired) electrons. The molecule has 1 aliphatic rings. The molecular weight excluding hydrogens is 312 g/mol. The second-order valence-electron chi connectivity index (χ2n) is 6.49. The highest BCUT2D eigenvalue weighted by molar-refractivity contribution is 5.94.